The second-order valence-corrected chi connectivity index (χ2v) is 7.50. The molecule has 1 amide bonds. The molecule has 1 saturated heterocycles. The predicted octanol–water partition coefficient (Wildman–Crippen LogP) is 3.71. The van der Waals surface area contributed by atoms with Crippen molar-refractivity contribution in [2.45, 2.75) is 38.1 Å². The Hall–Kier alpha value is -3.55. The number of anilines is 2. The molecule has 0 aliphatic carbocycles. The Morgan fingerprint density at radius 2 is 1.97 bits per heavy atom. The van der Waals surface area contributed by atoms with E-state index in [4.69, 9.17) is 4.74 Å². The number of ether oxygens (including phenoxy) is 1. The smallest absolute Gasteiger partial charge is 0.227 e. The summed E-state index contributed by atoms with van der Waals surface area (Å²) < 4.78 is 5.20. The third-order valence-electron chi connectivity index (χ3n) is 5.44. The van der Waals surface area contributed by atoms with Gasteiger partial charge in [-0.2, -0.15) is 0 Å². The highest BCUT2D eigenvalue weighted by Crippen LogP contribution is 2.31. The van der Waals surface area contributed by atoms with Crippen molar-refractivity contribution in [3.05, 3.63) is 66.5 Å². The van der Waals surface area contributed by atoms with E-state index in [2.05, 4.69) is 25.3 Å². The SMILES string of the molecule is COc1ccc(CCC(=O)N2CCCC[C@@H]2c2ccnc(Nc3cncnc3)n2)cc1. The Balaban J connectivity index is 1.44. The van der Waals surface area contributed by atoms with Crippen molar-refractivity contribution in [3.63, 3.8) is 0 Å². The van der Waals surface area contributed by atoms with Gasteiger partial charge >= 0.3 is 0 Å². The van der Waals surface area contributed by atoms with Crippen LogP contribution in [0.1, 0.15) is 43.0 Å². The number of aryl methyl sites for hydroxylation is 1. The molecule has 2 aromatic heterocycles. The number of rotatable bonds is 7. The van der Waals surface area contributed by atoms with E-state index < -0.39 is 0 Å². The maximum Gasteiger partial charge on any atom is 0.227 e. The zero-order valence-corrected chi connectivity index (χ0v) is 17.6. The number of nitrogens with one attached hydrogen (secondary N) is 1. The fraction of sp³-hybridized carbons (Fsp3) is 0.348. The molecule has 1 aliphatic rings. The first kappa shape index (κ1) is 20.7. The molecule has 160 valence electrons. The van der Waals surface area contributed by atoms with Crippen LogP contribution in [-0.4, -0.2) is 44.4 Å². The number of hydrogen-bond donors (Lipinski definition) is 1. The van der Waals surface area contributed by atoms with Gasteiger partial charge in [-0.15, -0.1) is 0 Å². The van der Waals surface area contributed by atoms with Crippen LogP contribution in [0.5, 0.6) is 5.75 Å². The first-order valence-corrected chi connectivity index (χ1v) is 10.5. The average molecular weight is 419 g/mol. The van der Waals surface area contributed by atoms with E-state index in [0.717, 1.165) is 48.5 Å². The number of benzene rings is 1. The normalized spacial score (nSPS) is 16.0. The lowest BCUT2D eigenvalue weighted by Gasteiger charge is -2.35. The number of aromatic nitrogens is 4. The van der Waals surface area contributed by atoms with Gasteiger partial charge in [0.25, 0.3) is 0 Å². The molecule has 1 atom stereocenters. The molecule has 0 radical (unpaired) electrons. The standard InChI is InChI=1S/C23H26N6O2/c1-31-19-8-5-17(6-9-19)7-10-22(30)29-13-3-2-4-21(29)20-11-12-26-23(28-20)27-18-14-24-16-25-15-18/h5-6,8-9,11-12,14-16,21H,2-4,7,10,13H2,1H3,(H,26,27,28)/t21-/m1/s1. The molecule has 0 unspecified atom stereocenters. The van der Waals surface area contributed by atoms with Crippen LogP contribution in [-0.2, 0) is 11.2 Å². The average Bonchev–Trinajstić information content (AvgIpc) is 2.83. The van der Waals surface area contributed by atoms with E-state index in [0.29, 0.717) is 18.8 Å². The van der Waals surface area contributed by atoms with Crippen LogP contribution >= 0.6 is 0 Å². The van der Waals surface area contributed by atoms with Crippen LogP contribution in [0.15, 0.2) is 55.2 Å². The highest BCUT2D eigenvalue weighted by atomic mass is 16.5. The maximum absolute atomic E-state index is 13.1. The largest absolute Gasteiger partial charge is 0.497 e. The van der Waals surface area contributed by atoms with Gasteiger partial charge < -0.3 is 15.0 Å². The van der Waals surface area contributed by atoms with Gasteiger partial charge in [-0.3, -0.25) is 4.79 Å². The third kappa shape index (κ3) is 5.33. The highest BCUT2D eigenvalue weighted by molar-refractivity contribution is 5.77. The van der Waals surface area contributed by atoms with Crippen LogP contribution in [0.4, 0.5) is 11.6 Å². The zero-order chi connectivity index (χ0) is 21.5. The van der Waals surface area contributed by atoms with Gasteiger partial charge in [-0.05, 0) is 49.4 Å². The van der Waals surface area contributed by atoms with Crippen molar-refractivity contribution in [1.29, 1.82) is 0 Å². The third-order valence-corrected chi connectivity index (χ3v) is 5.44. The number of methoxy groups -OCH3 is 1. The van der Waals surface area contributed by atoms with Crippen molar-refractivity contribution < 1.29 is 9.53 Å². The summed E-state index contributed by atoms with van der Waals surface area (Å²) in [5.74, 6) is 1.45. The van der Waals surface area contributed by atoms with Crippen molar-refractivity contribution >= 4 is 17.5 Å². The summed E-state index contributed by atoms with van der Waals surface area (Å²) >= 11 is 0. The van der Waals surface area contributed by atoms with Gasteiger partial charge in [0.05, 0.1) is 36.9 Å². The summed E-state index contributed by atoms with van der Waals surface area (Å²) in [6.45, 7) is 0.755. The lowest BCUT2D eigenvalue weighted by molar-refractivity contribution is -0.135. The Morgan fingerprint density at radius 1 is 1.16 bits per heavy atom. The minimum absolute atomic E-state index is 0.0345. The zero-order valence-electron chi connectivity index (χ0n) is 17.6. The first-order chi connectivity index (χ1) is 15.2. The number of carbonyl (C=O) groups is 1. The van der Waals surface area contributed by atoms with E-state index in [1.165, 1.54) is 6.33 Å². The molecule has 31 heavy (non-hydrogen) atoms. The fourth-order valence-electron chi connectivity index (χ4n) is 3.84. The summed E-state index contributed by atoms with van der Waals surface area (Å²) in [6.07, 6.45) is 10.7. The Labute approximate surface area is 181 Å². The van der Waals surface area contributed by atoms with Crippen LogP contribution in [0.3, 0.4) is 0 Å². The van der Waals surface area contributed by atoms with E-state index in [-0.39, 0.29) is 11.9 Å². The second kappa shape index (κ2) is 9.97. The van der Waals surface area contributed by atoms with Gasteiger partial charge in [0.1, 0.15) is 12.1 Å². The fourth-order valence-corrected chi connectivity index (χ4v) is 3.84. The minimum Gasteiger partial charge on any atom is -0.497 e. The van der Waals surface area contributed by atoms with Gasteiger partial charge in [-0.1, -0.05) is 12.1 Å². The lowest BCUT2D eigenvalue weighted by Crippen LogP contribution is -2.39. The number of nitrogens with zero attached hydrogens (tertiary/aromatic N) is 5. The summed E-state index contributed by atoms with van der Waals surface area (Å²) in [4.78, 5) is 32.0. The van der Waals surface area contributed by atoms with Crippen LogP contribution in [0.2, 0.25) is 0 Å². The Kier molecular flexibility index (Phi) is 6.66. The van der Waals surface area contributed by atoms with Crippen LogP contribution in [0.25, 0.3) is 0 Å². The van der Waals surface area contributed by atoms with E-state index in [9.17, 15) is 4.79 Å². The molecule has 1 fully saturated rings. The molecule has 0 bridgehead atoms. The number of piperidine rings is 1. The topological polar surface area (TPSA) is 93.1 Å². The molecular formula is C23H26N6O2. The molecule has 1 N–H and O–H groups in total. The van der Waals surface area contributed by atoms with E-state index in [1.54, 1.807) is 25.7 Å². The molecule has 1 aliphatic heterocycles. The molecule has 1 aromatic carbocycles. The van der Waals surface area contributed by atoms with Gasteiger partial charge in [-0.25, -0.2) is 19.9 Å². The van der Waals surface area contributed by atoms with Crippen LogP contribution in [0, 0.1) is 0 Å². The van der Waals surface area contributed by atoms with Crippen LogP contribution < -0.4 is 10.1 Å². The van der Waals surface area contributed by atoms with Gasteiger partial charge in [0.2, 0.25) is 11.9 Å². The summed E-state index contributed by atoms with van der Waals surface area (Å²) in [7, 11) is 1.65. The number of carbonyl (C=O) groups excluding carboxylic acids is 1. The lowest BCUT2D eigenvalue weighted by atomic mass is 9.98. The summed E-state index contributed by atoms with van der Waals surface area (Å²) in [5, 5.41) is 3.12. The second-order valence-electron chi connectivity index (χ2n) is 7.50. The Morgan fingerprint density at radius 3 is 2.74 bits per heavy atom. The first-order valence-electron chi connectivity index (χ1n) is 10.5. The molecule has 0 spiro atoms. The molecular weight excluding hydrogens is 392 g/mol. The van der Waals surface area contributed by atoms with E-state index in [1.807, 2.05) is 35.2 Å². The van der Waals surface area contributed by atoms with Gasteiger partial charge in [0.15, 0.2) is 0 Å². The van der Waals surface area contributed by atoms with Crippen molar-refractivity contribution in [3.8, 4) is 5.75 Å². The summed E-state index contributed by atoms with van der Waals surface area (Å²) in [6, 6.07) is 9.73. The van der Waals surface area contributed by atoms with Gasteiger partial charge in [0, 0.05) is 19.2 Å². The van der Waals surface area contributed by atoms with E-state index >= 15 is 0 Å². The molecule has 8 nitrogen and oxygen atoms in total. The number of likely N-dealkylation sites (tertiary alicyclic amines) is 1. The van der Waals surface area contributed by atoms with Crippen molar-refractivity contribution in [2.24, 2.45) is 0 Å². The monoisotopic (exact) mass is 418 g/mol. The molecule has 3 heterocycles. The minimum atomic E-state index is -0.0345. The summed E-state index contributed by atoms with van der Waals surface area (Å²) in [5.41, 5.74) is 2.70. The number of hydrogen-bond acceptors (Lipinski definition) is 7. The van der Waals surface area contributed by atoms with Crippen molar-refractivity contribution in [2.75, 3.05) is 19.0 Å². The highest BCUT2D eigenvalue weighted by Gasteiger charge is 2.29. The molecule has 0 saturated carbocycles. The maximum atomic E-state index is 13.1. The predicted molar refractivity (Wildman–Crippen MR) is 117 cm³/mol. The number of amides is 1. The quantitative estimate of drug-likeness (QED) is 0.625. The molecule has 8 heteroatoms. The molecule has 3 aromatic rings. The Bertz CT molecular complexity index is 996. The molecule has 4 rings (SSSR count). The van der Waals surface area contributed by atoms with Crippen molar-refractivity contribution in [1.82, 2.24) is 24.8 Å².